The fourth-order valence-electron chi connectivity index (χ4n) is 3.76. The van der Waals surface area contributed by atoms with Crippen LogP contribution in [0.4, 0.5) is 18.9 Å². The average molecular weight is 447 g/mol. The number of aryl methyl sites for hydroxylation is 1. The zero-order valence-corrected chi connectivity index (χ0v) is 19.4. The van der Waals surface area contributed by atoms with Gasteiger partial charge in [-0.2, -0.15) is 0 Å². The van der Waals surface area contributed by atoms with Crippen LogP contribution in [0.25, 0.3) is 0 Å². The monoisotopic (exact) mass is 446 g/mol. The van der Waals surface area contributed by atoms with Crippen LogP contribution in [-0.2, 0) is 11.2 Å². The van der Waals surface area contributed by atoms with E-state index in [2.05, 4.69) is 28.1 Å². The summed E-state index contributed by atoms with van der Waals surface area (Å²) in [5.41, 5.74) is 2.96. The van der Waals surface area contributed by atoms with Gasteiger partial charge in [-0.25, -0.2) is 0 Å². The van der Waals surface area contributed by atoms with Gasteiger partial charge in [0.05, 0.1) is 11.8 Å². The summed E-state index contributed by atoms with van der Waals surface area (Å²) in [5, 5.41) is 0.669. The number of halogens is 4. The van der Waals surface area contributed by atoms with Gasteiger partial charge in [-0.3, -0.25) is 9.73 Å². The van der Waals surface area contributed by atoms with Crippen LogP contribution >= 0.6 is 11.6 Å². The zero-order valence-electron chi connectivity index (χ0n) is 18.7. The lowest BCUT2D eigenvalue weighted by Crippen LogP contribution is -2.39. The SMILES string of the molecule is C=C(CC)N(C(=NC)C1CCC(OC(F)(F)F)CC1)c1ccc(Cl)cc1CC.CC. The van der Waals surface area contributed by atoms with Gasteiger partial charge >= 0.3 is 6.36 Å². The van der Waals surface area contributed by atoms with Crippen LogP contribution in [0.15, 0.2) is 35.5 Å². The molecule has 1 aromatic carbocycles. The smallest absolute Gasteiger partial charge is 0.303 e. The number of alkyl halides is 3. The summed E-state index contributed by atoms with van der Waals surface area (Å²) < 4.78 is 41.7. The molecule has 0 saturated heterocycles. The van der Waals surface area contributed by atoms with E-state index in [4.69, 9.17) is 11.6 Å². The Morgan fingerprint density at radius 2 is 1.80 bits per heavy atom. The minimum Gasteiger partial charge on any atom is -0.303 e. The molecule has 1 aliphatic carbocycles. The molecule has 0 amide bonds. The third kappa shape index (κ3) is 7.31. The first-order chi connectivity index (χ1) is 14.2. The van der Waals surface area contributed by atoms with Crippen LogP contribution in [0, 0.1) is 5.92 Å². The van der Waals surface area contributed by atoms with Crippen molar-refractivity contribution < 1.29 is 17.9 Å². The van der Waals surface area contributed by atoms with E-state index in [-0.39, 0.29) is 5.92 Å². The summed E-state index contributed by atoms with van der Waals surface area (Å²) in [6.07, 6.45) is -1.93. The number of benzene rings is 1. The van der Waals surface area contributed by atoms with Gasteiger partial charge in [0.15, 0.2) is 0 Å². The van der Waals surface area contributed by atoms with Crippen molar-refractivity contribution in [1.82, 2.24) is 0 Å². The largest absolute Gasteiger partial charge is 0.522 e. The molecule has 2 rings (SSSR count). The van der Waals surface area contributed by atoms with Crippen molar-refractivity contribution in [3.63, 3.8) is 0 Å². The first-order valence-corrected chi connectivity index (χ1v) is 11.0. The molecule has 0 radical (unpaired) electrons. The molecule has 1 saturated carbocycles. The molecule has 7 heteroatoms. The standard InChI is InChI=1S/C21H28ClF3N2O.C2H6/c1-5-14(3)27(19-12-9-17(22)13-15(19)6-2)20(26-4)16-7-10-18(11-8-16)28-21(23,24)25;1-2/h9,12-13,16,18H,3,5-8,10-11H2,1-2,4H3;1-2H3. The summed E-state index contributed by atoms with van der Waals surface area (Å²) in [6.45, 7) is 12.3. The van der Waals surface area contributed by atoms with Crippen molar-refractivity contribution in [1.29, 1.82) is 0 Å². The number of rotatable bonds is 6. The maximum Gasteiger partial charge on any atom is 0.522 e. The number of amidine groups is 1. The quantitative estimate of drug-likeness (QED) is 0.329. The molecule has 3 nitrogen and oxygen atoms in total. The van der Waals surface area contributed by atoms with E-state index in [0.29, 0.717) is 30.7 Å². The first kappa shape index (κ1) is 26.5. The lowest BCUT2D eigenvalue weighted by atomic mass is 9.85. The number of ether oxygens (including phenoxy) is 1. The maximum absolute atomic E-state index is 12.5. The average Bonchev–Trinajstić information content (AvgIpc) is 2.73. The summed E-state index contributed by atoms with van der Waals surface area (Å²) in [7, 11) is 1.73. The Bertz CT molecular complexity index is 711. The number of hydrogen-bond acceptors (Lipinski definition) is 2. The van der Waals surface area contributed by atoms with Gasteiger partial charge < -0.3 is 4.90 Å². The second-order valence-corrected chi connectivity index (χ2v) is 7.44. The van der Waals surface area contributed by atoms with Crippen LogP contribution in [0.1, 0.15) is 65.4 Å². The highest BCUT2D eigenvalue weighted by Crippen LogP contribution is 2.36. The van der Waals surface area contributed by atoms with Gasteiger partial charge in [0.2, 0.25) is 0 Å². The third-order valence-corrected chi connectivity index (χ3v) is 5.42. The van der Waals surface area contributed by atoms with Crippen molar-refractivity contribution >= 4 is 23.1 Å². The number of allylic oxidation sites excluding steroid dienone is 1. The third-order valence-electron chi connectivity index (χ3n) is 5.19. The lowest BCUT2D eigenvalue weighted by Gasteiger charge is -2.36. The molecule has 1 aliphatic rings. The minimum absolute atomic E-state index is 0.0572. The van der Waals surface area contributed by atoms with Gasteiger partial charge in [0.25, 0.3) is 0 Å². The Morgan fingerprint density at radius 1 is 1.20 bits per heavy atom. The molecular formula is C23H34ClF3N2O. The highest BCUT2D eigenvalue weighted by atomic mass is 35.5. The fraction of sp³-hybridized carbons (Fsp3) is 0.609. The topological polar surface area (TPSA) is 24.8 Å². The number of nitrogens with zero attached hydrogens (tertiary/aromatic N) is 2. The van der Waals surface area contributed by atoms with Crippen molar-refractivity contribution in [2.45, 2.75) is 78.7 Å². The molecule has 0 aromatic heterocycles. The fourth-order valence-corrected chi connectivity index (χ4v) is 3.96. The van der Waals surface area contributed by atoms with E-state index < -0.39 is 12.5 Å². The molecule has 0 unspecified atom stereocenters. The molecule has 0 spiro atoms. The van der Waals surface area contributed by atoms with Crippen molar-refractivity contribution in [3.8, 4) is 0 Å². The van der Waals surface area contributed by atoms with Crippen molar-refractivity contribution in [2.75, 3.05) is 11.9 Å². The molecule has 0 atom stereocenters. The number of hydrogen-bond donors (Lipinski definition) is 0. The van der Waals surface area contributed by atoms with E-state index in [0.717, 1.165) is 35.6 Å². The van der Waals surface area contributed by atoms with Crippen molar-refractivity contribution in [3.05, 3.63) is 41.1 Å². The van der Waals surface area contributed by atoms with Crippen LogP contribution in [-0.4, -0.2) is 25.3 Å². The summed E-state index contributed by atoms with van der Waals surface area (Å²) in [6, 6.07) is 5.74. The predicted octanol–water partition coefficient (Wildman–Crippen LogP) is 7.78. The van der Waals surface area contributed by atoms with Crippen LogP contribution < -0.4 is 4.90 Å². The van der Waals surface area contributed by atoms with Gasteiger partial charge in [-0.1, -0.05) is 45.9 Å². The number of anilines is 1. The van der Waals surface area contributed by atoms with Crippen LogP contribution in [0.3, 0.4) is 0 Å². The Morgan fingerprint density at radius 3 is 2.27 bits per heavy atom. The molecule has 30 heavy (non-hydrogen) atoms. The second-order valence-electron chi connectivity index (χ2n) is 7.00. The van der Waals surface area contributed by atoms with Crippen LogP contribution in [0.5, 0.6) is 0 Å². The van der Waals surface area contributed by atoms with E-state index in [1.165, 1.54) is 0 Å². The Balaban J connectivity index is 0.00000218. The Hall–Kier alpha value is -1.53. The van der Waals surface area contributed by atoms with Gasteiger partial charge in [-0.15, -0.1) is 13.2 Å². The molecule has 1 fully saturated rings. The van der Waals surface area contributed by atoms with E-state index >= 15 is 0 Å². The Kier molecular flexibility index (Phi) is 10.9. The molecule has 0 N–H and O–H groups in total. The lowest BCUT2D eigenvalue weighted by molar-refractivity contribution is -0.345. The van der Waals surface area contributed by atoms with Crippen molar-refractivity contribution in [2.24, 2.45) is 10.9 Å². The van der Waals surface area contributed by atoms with E-state index in [9.17, 15) is 13.2 Å². The van der Waals surface area contributed by atoms with E-state index in [1.807, 2.05) is 39.0 Å². The van der Waals surface area contributed by atoms with Crippen LogP contribution in [0.2, 0.25) is 5.02 Å². The first-order valence-electron chi connectivity index (χ1n) is 10.7. The maximum atomic E-state index is 12.5. The summed E-state index contributed by atoms with van der Waals surface area (Å²) >= 11 is 6.17. The molecule has 0 aliphatic heterocycles. The van der Waals surface area contributed by atoms with E-state index in [1.54, 1.807) is 7.05 Å². The van der Waals surface area contributed by atoms with Gasteiger partial charge in [0.1, 0.15) is 5.84 Å². The zero-order chi connectivity index (χ0) is 22.9. The molecule has 0 bridgehead atoms. The number of aliphatic imine (C=N–C) groups is 1. The predicted molar refractivity (Wildman–Crippen MR) is 120 cm³/mol. The summed E-state index contributed by atoms with van der Waals surface area (Å²) in [5.74, 6) is 0.899. The highest BCUT2D eigenvalue weighted by molar-refractivity contribution is 6.30. The molecule has 1 aromatic rings. The Labute approximate surface area is 184 Å². The minimum atomic E-state index is -4.58. The molecular weight excluding hydrogens is 413 g/mol. The summed E-state index contributed by atoms with van der Waals surface area (Å²) in [4.78, 5) is 6.60. The second kappa shape index (κ2) is 12.4. The normalized spacial score (nSPS) is 19.7. The molecule has 170 valence electrons. The highest BCUT2D eigenvalue weighted by Gasteiger charge is 2.37. The van der Waals surface area contributed by atoms with Gasteiger partial charge in [0, 0.05) is 23.7 Å². The van der Waals surface area contributed by atoms with Gasteiger partial charge in [-0.05, 0) is 62.3 Å². The molecule has 0 heterocycles.